The van der Waals surface area contributed by atoms with Crippen molar-refractivity contribution < 1.29 is 18.0 Å². The molecule has 148 valence electrons. The van der Waals surface area contributed by atoms with E-state index < -0.39 is 15.7 Å². The minimum Gasteiger partial charge on any atom is -0.321 e. The fourth-order valence-corrected chi connectivity index (χ4v) is 4.24. The smallest absolute Gasteiger partial charge is 0.257 e. The van der Waals surface area contributed by atoms with Crippen molar-refractivity contribution in [2.45, 2.75) is 4.90 Å². The summed E-state index contributed by atoms with van der Waals surface area (Å²) in [6.45, 7) is 0. The third-order valence-corrected chi connectivity index (χ3v) is 6.10. The van der Waals surface area contributed by atoms with Gasteiger partial charge in [-0.25, -0.2) is 8.42 Å². The predicted octanol–water partition coefficient (Wildman–Crippen LogP) is 4.99. The van der Waals surface area contributed by atoms with Crippen LogP contribution >= 0.6 is 27.5 Å². The summed E-state index contributed by atoms with van der Waals surface area (Å²) in [5, 5.41) is 2.94. The van der Waals surface area contributed by atoms with E-state index in [1.807, 2.05) is 0 Å². The average Bonchev–Trinajstić information content (AvgIpc) is 2.68. The second-order valence-corrected chi connectivity index (χ2v) is 9.53. The SMILES string of the molecule is CS(=O)(=O)c1ccccc1C(=O)Nc1ccc(Br)cc1C(=O)c1ccccc1Cl. The number of sulfone groups is 1. The zero-order chi connectivity index (χ0) is 21.2. The Hall–Kier alpha value is -2.48. The third kappa shape index (κ3) is 4.75. The Morgan fingerprint density at radius 1 is 0.897 bits per heavy atom. The van der Waals surface area contributed by atoms with E-state index in [1.54, 1.807) is 54.6 Å². The van der Waals surface area contributed by atoms with Gasteiger partial charge >= 0.3 is 0 Å². The van der Waals surface area contributed by atoms with E-state index in [0.717, 1.165) is 6.26 Å². The fourth-order valence-electron chi connectivity index (χ4n) is 2.77. The third-order valence-electron chi connectivity index (χ3n) is 4.12. The number of halogens is 2. The maximum atomic E-state index is 13.0. The van der Waals surface area contributed by atoms with Gasteiger partial charge < -0.3 is 5.32 Å². The van der Waals surface area contributed by atoms with Crippen molar-refractivity contribution in [3.8, 4) is 0 Å². The van der Waals surface area contributed by atoms with Crippen LogP contribution in [0.15, 0.2) is 76.1 Å². The Morgan fingerprint density at radius 2 is 1.52 bits per heavy atom. The van der Waals surface area contributed by atoms with Crippen LogP contribution in [0.2, 0.25) is 5.02 Å². The van der Waals surface area contributed by atoms with Crippen molar-refractivity contribution in [3.05, 3.63) is 92.9 Å². The molecule has 0 bridgehead atoms. The molecular formula is C21H15BrClNO4S. The Morgan fingerprint density at radius 3 is 2.17 bits per heavy atom. The van der Waals surface area contributed by atoms with Gasteiger partial charge in [0.25, 0.3) is 5.91 Å². The maximum absolute atomic E-state index is 13.0. The van der Waals surface area contributed by atoms with E-state index >= 15 is 0 Å². The van der Waals surface area contributed by atoms with E-state index in [4.69, 9.17) is 11.6 Å². The number of hydrogen-bond donors (Lipinski definition) is 1. The molecule has 1 amide bonds. The zero-order valence-electron chi connectivity index (χ0n) is 15.1. The lowest BCUT2D eigenvalue weighted by Gasteiger charge is -2.13. The van der Waals surface area contributed by atoms with Crippen LogP contribution in [0.4, 0.5) is 5.69 Å². The molecule has 0 aliphatic heterocycles. The van der Waals surface area contributed by atoms with E-state index in [9.17, 15) is 18.0 Å². The van der Waals surface area contributed by atoms with Crippen LogP contribution in [0.5, 0.6) is 0 Å². The van der Waals surface area contributed by atoms with Crippen LogP contribution in [0.1, 0.15) is 26.3 Å². The number of hydrogen-bond acceptors (Lipinski definition) is 4. The quantitative estimate of drug-likeness (QED) is 0.509. The second-order valence-electron chi connectivity index (χ2n) is 6.22. The van der Waals surface area contributed by atoms with E-state index in [-0.39, 0.29) is 32.5 Å². The van der Waals surface area contributed by atoms with Crippen LogP contribution in [-0.4, -0.2) is 26.4 Å². The molecule has 0 aliphatic carbocycles. The number of anilines is 1. The molecule has 3 aromatic carbocycles. The van der Waals surface area contributed by atoms with Crippen molar-refractivity contribution in [1.29, 1.82) is 0 Å². The molecule has 0 spiro atoms. The molecule has 0 radical (unpaired) electrons. The first-order valence-electron chi connectivity index (χ1n) is 8.37. The highest BCUT2D eigenvalue weighted by molar-refractivity contribution is 9.10. The number of carbonyl (C=O) groups is 2. The standard InChI is InChI=1S/C21H15BrClNO4S/c1-29(27,28)19-9-5-3-7-15(19)21(26)24-18-11-10-13(22)12-16(18)20(25)14-6-2-4-8-17(14)23/h2-12H,1H3,(H,24,26). The summed E-state index contributed by atoms with van der Waals surface area (Å²) in [5.41, 5.74) is 0.748. The molecule has 0 aliphatic rings. The molecule has 5 nitrogen and oxygen atoms in total. The number of carbonyl (C=O) groups excluding carboxylic acids is 2. The van der Waals surface area contributed by atoms with Gasteiger partial charge in [0.1, 0.15) is 0 Å². The normalized spacial score (nSPS) is 11.1. The van der Waals surface area contributed by atoms with Gasteiger partial charge in [-0.3, -0.25) is 9.59 Å². The molecule has 1 N–H and O–H groups in total. The Balaban J connectivity index is 2.03. The van der Waals surface area contributed by atoms with Gasteiger partial charge in [0, 0.05) is 21.9 Å². The van der Waals surface area contributed by atoms with Gasteiger partial charge in [-0.15, -0.1) is 0 Å². The summed E-state index contributed by atoms with van der Waals surface area (Å²) in [6, 6.07) is 17.3. The summed E-state index contributed by atoms with van der Waals surface area (Å²) in [6.07, 6.45) is 1.03. The number of nitrogens with one attached hydrogen (secondary N) is 1. The predicted molar refractivity (Wildman–Crippen MR) is 117 cm³/mol. The van der Waals surface area contributed by atoms with Gasteiger partial charge in [0.15, 0.2) is 15.6 Å². The van der Waals surface area contributed by atoms with Gasteiger partial charge in [-0.2, -0.15) is 0 Å². The van der Waals surface area contributed by atoms with E-state index in [1.165, 1.54) is 12.1 Å². The van der Waals surface area contributed by atoms with Crippen LogP contribution in [0.25, 0.3) is 0 Å². The van der Waals surface area contributed by atoms with Gasteiger partial charge in [-0.1, -0.05) is 51.8 Å². The van der Waals surface area contributed by atoms with Crippen LogP contribution in [-0.2, 0) is 9.84 Å². The molecule has 0 unspecified atom stereocenters. The van der Waals surface area contributed by atoms with Crippen molar-refractivity contribution in [2.75, 3.05) is 11.6 Å². The van der Waals surface area contributed by atoms with Gasteiger partial charge in [-0.05, 0) is 42.5 Å². The first-order chi connectivity index (χ1) is 13.7. The largest absolute Gasteiger partial charge is 0.321 e. The maximum Gasteiger partial charge on any atom is 0.257 e. The van der Waals surface area contributed by atoms with Crippen molar-refractivity contribution in [1.82, 2.24) is 0 Å². The topological polar surface area (TPSA) is 80.3 Å². The molecule has 0 heterocycles. The van der Waals surface area contributed by atoms with Crippen LogP contribution < -0.4 is 5.32 Å². The minimum absolute atomic E-state index is 0.00550. The van der Waals surface area contributed by atoms with Crippen molar-refractivity contribution >= 4 is 54.7 Å². The van der Waals surface area contributed by atoms with Gasteiger partial charge in [0.2, 0.25) is 0 Å². The highest BCUT2D eigenvalue weighted by atomic mass is 79.9. The monoisotopic (exact) mass is 491 g/mol. The molecule has 0 atom stereocenters. The molecule has 3 aromatic rings. The highest BCUT2D eigenvalue weighted by Gasteiger charge is 2.21. The van der Waals surface area contributed by atoms with E-state index in [2.05, 4.69) is 21.2 Å². The van der Waals surface area contributed by atoms with Crippen molar-refractivity contribution in [2.24, 2.45) is 0 Å². The summed E-state index contributed by atoms with van der Waals surface area (Å²) in [4.78, 5) is 25.8. The molecule has 0 aromatic heterocycles. The highest BCUT2D eigenvalue weighted by Crippen LogP contribution is 2.27. The Bertz CT molecular complexity index is 1220. The molecule has 0 saturated carbocycles. The average molecular weight is 493 g/mol. The Kier molecular flexibility index (Phi) is 6.21. The number of ketones is 1. The summed E-state index contributed by atoms with van der Waals surface area (Å²) < 4.78 is 24.6. The molecule has 0 saturated heterocycles. The first kappa shape index (κ1) is 21.2. The van der Waals surface area contributed by atoms with Crippen molar-refractivity contribution in [3.63, 3.8) is 0 Å². The fraction of sp³-hybridized carbons (Fsp3) is 0.0476. The van der Waals surface area contributed by atoms with Crippen LogP contribution in [0.3, 0.4) is 0 Å². The molecule has 29 heavy (non-hydrogen) atoms. The number of rotatable bonds is 5. The summed E-state index contributed by atoms with van der Waals surface area (Å²) >= 11 is 9.47. The lowest BCUT2D eigenvalue weighted by Crippen LogP contribution is -2.18. The lowest BCUT2D eigenvalue weighted by molar-refractivity contribution is 0.102. The first-order valence-corrected chi connectivity index (χ1v) is 11.4. The zero-order valence-corrected chi connectivity index (χ0v) is 18.3. The Labute approximate surface area is 181 Å². The summed E-state index contributed by atoms with van der Waals surface area (Å²) in [7, 11) is -3.61. The molecular weight excluding hydrogens is 478 g/mol. The summed E-state index contributed by atoms with van der Waals surface area (Å²) in [5.74, 6) is -1.01. The minimum atomic E-state index is -3.61. The molecule has 8 heteroatoms. The number of benzene rings is 3. The van der Waals surface area contributed by atoms with Gasteiger partial charge in [0.05, 0.1) is 21.2 Å². The molecule has 3 rings (SSSR count). The molecule has 0 fully saturated rings. The second kappa shape index (κ2) is 8.49. The van der Waals surface area contributed by atoms with E-state index in [0.29, 0.717) is 10.0 Å². The number of amides is 1. The lowest BCUT2D eigenvalue weighted by atomic mass is 10.0. The van der Waals surface area contributed by atoms with Crippen LogP contribution in [0, 0.1) is 0 Å².